The molecular formula is C44H82O3. The number of rotatable bonds is 2. The summed E-state index contributed by atoms with van der Waals surface area (Å²) in [4.78, 5) is 0. The molecule has 0 spiro atoms. The lowest BCUT2D eigenvalue weighted by Crippen LogP contribution is -2.64. The molecule has 2 atom stereocenters. The third-order valence-electron chi connectivity index (χ3n) is 14.3. The molecule has 0 aromatic rings. The Labute approximate surface area is 294 Å². The molecule has 0 radical (unpaired) electrons. The van der Waals surface area contributed by atoms with Crippen molar-refractivity contribution >= 4 is 0 Å². The molecule has 0 aliphatic heterocycles. The fourth-order valence-corrected chi connectivity index (χ4v) is 11.7. The quantitative estimate of drug-likeness (QED) is 0.310. The van der Waals surface area contributed by atoms with E-state index in [1.165, 1.54) is 0 Å². The largest absolute Gasteiger partial charge is 0.461 e. The third kappa shape index (κ3) is 6.14. The molecule has 2 aliphatic rings. The number of aliphatic hydroxyl groups excluding tert-OH is 2. The first-order valence-corrected chi connectivity index (χ1v) is 18.6. The maximum atomic E-state index is 12.9. The monoisotopic (exact) mass is 659 g/mol. The Morgan fingerprint density at radius 3 is 0.745 bits per heavy atom. The van der Waals surface area contributed by atoms with Gasteiger partial charge in [0.1, 0.15) is 23.7 Å². The summed E-state index contributed by atoms with van der Waals surface area (Å²) in [5.41, 5.74) is -3.24. The molecule has 0 bridgehead atoms. The molecule has 0 heterocycles. The molecule has 3 nitrogen and oxygen atoms in total. The summed E-state index contributed by atoms with van der Waals surface area (Å²) in [6.07, 6.45) is 4.57. The van der Waals surface area contributed by atoms with Crippen LogP contribution >= 0.6 is 0 Å². The van der Waals surface area contributed by atoms with Crippen LogP contribution in [-0.2, 0) is 4.74 Å². The Bertz CT molecular complexity index is 1050. The van der Waals surface area contributed by atoms with Gasteiger partial charge in [0, 0.05) is 21.7 Å². The summed E-state index contributed by atoms with van der Waals surface area (Å²) < 4.78 is 7.36. The van der Waals surface area contributed by atoms with Crippen LogP contribution in [0.2, 0.25) is 0 Å². The van der Waals surface area contributed by atoms with Crippen molar-refractivity contribution in [2.75, 3.05) is 0 Å². The lowest BCUT2D eigenvalue weighted by atomic mass is 9.38. The van der Waals surface area contributed by atoms with Crippen molar-refractivity contribution in [2.45, 2.75) is 191 Å². The van der Waals surface area contributed by atoms with Gasteiger partial charge in [-0.2, -0.15) is 0 Å². The molecule has 0 aromatic heterocycles. The van der Waals surface area contributed by atoms with E-state index < -0.39 is 23.0 Å². The summed E-state index contributed by atoms with van der Waals surface area (Å²) in [6.45, 7) is 55.8. The minimum Gasteiger partial charge on any atom is -0.461 e. The normalized spacial score (nSPS) is 26.0. The highest BCUT2D eigenvalue weighted by Crippen LogP contribution is 2.72. The molecule has 3 heteroatoms. The van der Waals surface area contributed by atoms with Gasteiger partial charge in [0.15, 0.2) is 0 Å². The maximum Gasteiger partial charge on any atom is 0.129 e. The van der Waals surface area contributed by atoms with Crippen LogP contribution in [0.4, 0.5) is 0 Å². The smallest absolute Gasteiger partial charge is 0.129 e. The summed E-state index contributed by atoms with van der Waals surface area (Å²) in [6, 6.07) is 0. The van der Waals surface area contributed by atoms with Gasteiger partial charge in [0.2, 0.25) is 0 Å². The first-order valence-electron chi connectivity index (χ1n) is 18.6. The summed E-state index contributed by atoms with van der Waals surface area (Å²) in [5, 5.41) is 25.9. The molecule has 0 saturated heterocycles. The standard InChI is InChI=1S/C44H82O3/c1-33(2,3)41(34(4,5)6)25-29(31(45)43(27-41,37(13,14)15)38(16,17)18)47-30-26-42(35(7,8)9,36(10,11)12)28-44(32(30)46,39(19,20)21)40(22,23)24/h25-26,31-32,45-46H,27-28H2,1-24H3. The number of ether oxygens (including phenoxy) is 1. The molecule has 0 amide bonds. The van der Waals surface area contributed by atoms with Crippen LogP contribution in [0.3, 0.4) is 0 Å². The highest BCUT2D eigenvalue weighted by Gasteiger charge is 2.68. The highest BCUT2D eigenvalue weighted by molar-refractivity contribution is 5.33. The molecule has 2 rings (SSSR count). The van der Waals surface area contributed by atoms with E-state index in [1.807, 2.05) is 0 Å². The number of allylic oxidation sites excluding steroid dienone is 2. The lowest BCUT2D eigenvalue weighted by molar-refractivity contribution is -0.203. The van der Waals surface area contributed by atoms with Gasteiger partial charge in [0.25, 0.3) is 0 Å². The van der Waals surface area contributed by atoms with Gasteiger partial charge in [-0.3, -0.25) is 0 Å². The SMILES string of the molecule is CC(C)(C)C1(C(C)(C)C)C=C(OC2=CC(C(C)(C)C)(C(C)(C)C)CC(C(C)(C)C)(C(C)(C)C)C2O)C(O)C(C(C)(C)C)(C(C)(C)C)C1. The van der Waals surface area contributed by atoms with Crippen LogP contribution in [0.15, 0.2) is 23.7 Å². The Kier molecular flexibility index (Phi) is 10.2. The van der Waals surface area contributed by atoms with E-state index in [0.29, 0.717) is 11.5 Å². The minimum atomic E-state index is -0.854. The molecule has 2 unspecified atom stereocenters. The van der Waals surface area contributed by atoms with Gasteiger partial charge in [-0.05, 0) is 68.3 Å². The van der Waals surface area contributed by atoms with Crippen LogP contribution in [0.25, 0.3) is 0 Å². The Morgan fingerprint density at radius 1 is 0.404 bits per heavy atom. The van der Waals surface area contributed by atoms with Gasteiger partial charge in [-0.1, -0.05) is 166 Å². The molecule has 0 saturated carbocycles. The molecular weight excluding hydrogens is 576 g/mol. The van der Waals surface area contributed by atoms with Crippen LogP contribution in [0, 0.1) is 65.0 Å². The molecule has 0 fully saturated rings. The van der Waals surface area contributed by atoms with Gasteiger partial charge in [-0.15, -0.1) is 0 Å². The lowest BCUT2D eigenvalue weighted by Gasteiger charge is -2.67. The average molecular weight is 659 g/mol. The second kappa shape index (κ2) is 11.4. The van der Waals surface area contributed by atoms with Crippen LogP contribution in [0.1, 0.15) is 179 Å². The van der Waals surface area contributed by atoms with Gasteiger partial charge in [-0.25, -0.2) is 0 Å². The highest BCUT2D eigenvalue weighted by atomic mass is 16.5. The Hall–Kier alpha value is -0.800. The second-order valence-electron chi connectivity index (χ2n) is 24.2. The summed E-state index contributed by atoms with van der Waals surface area (Å²) in [5.74, 6) is 1.21. The molecule has 0 aromatic carbocycles. The number of aliphatic hydroxyl groups is 2. The van der Waals surface area contributed by atoms with Gasteiger partial charge >= 0.3 is 0 Å². The van der Waals surface area contributed by atoms with Crippen LogP contribution in [0.5, 0.6) is 0 Å². The predicted octanol–water partition coefficient (Wildman–Crippen LogP) is 12.6. The predicted molar refractivity (Wildman–Crippen MR) is 204 cm³/mol. The van der Waals surface area contributed by atoms with Gasteiger partial charge in [0.05, 0.1) is 0 Å². The van der Waals surface area contributed by atoms with E-state index >= 15 is 0 Å². The second-order valence-corrected chi connectivity index (χ2v) is 24.2. The van der Waals surface area contributed by atoms with E-state index in [2.05, 4.69) is 178 Å². The van der Waals surface area contributed by atoms with Crippen molar-refractivity contribution in [2.24, 2.45) is 65.0 Å². The molecule has 276 valence electrons. The maximum absolute atomic E-state index is 12.9. The number of hydrogen-bond acceptors (Lipinski definition) is 3. The molecule has 2 aliphatic carbocycles. The first-order chi connectivity index (χ1) is 20.2. The Balaban J connectivity index is 3.26. The van der Waals surface area contributed by atoms with E-state index in [0.717, 1.165) is 12.8 Å². The number of hydrogen-bond donors (Lipinski definition) is 2. The third-order valence-corrected chi connectivity index (χ3v) is 14.3. The van der Waals surface area contributed by atoms with Crippen molar-refractivity contribution in [3.8, 4) is 0 Å². The topological polar surface area (TPSA) is 49.7 Å². The zero-order valence-electron chi connectivity index (χ0n) is 36.0. The van der Waals surface area contributed by atoms with Crippen molar-refractivity contribution < 1.29 is 14.9 Å². The average Bonchev–Trinajstić information content (AvgIpc) is 2.75. The van der Waals surface area contributed by atoms with Crippen LogP contribution < -0.4 is 0 Å². The Morgan fingerprint density at radius 2 is 0.596 bits per heavy atom. The van der Waals surface area contributed by atoms with E-state index in [-0.39, 0.29) is 54.1 Å². The zero-order valence-corrected chi connectivity index (χ0v) is 36.0. The fourth-order valence-electron chi connectivity index (χ4n) is 11.7. The molecule has 2 N–H and O–H groups in total. The van der Waals surface area contributed by atoms with Crippen molar-refractivity contribution in [3.05, 3.63) is 23.7 Å². The molecule has 47 heavy (non-hydrogen) atoms. The zero-order chi connectivity index (χ0) is 37.8. The summed E-state index contributed by atoms with van der Waals surface area (Å²) in [7, 11) is 0. The van der Waals surface area contributed by atoms with Crippen molar-refractivity contribution in [1.29, 1.82) is 0 Å². The van der Waals surface area contributed by atoms with Gasteiger partial charge < -0.3 is 14.9 Å². The van der Waals surface area contributed by atoms with E-state index in [1.54, 1.807) is 0 Å². The van der Waals surface area contributed by atoms with E-state index in [9.17, 15) is 10.2 Å². The van der Waals surface area contributed by atoms with Crippen LogP contribution in [-0.4, -0.2) is 22.4 Å². The first kappa shape index (κ1) is 42.4. The van der Waals surface area contributed by atoms with E-state index in [4.69, 9.17) is 4.74 Å². The van der Waals surface area contributed by atoms with Crippen molar-refractivity contribution in [1.82, 2.24) is 0 Å². The minimum absolute atomic E-state index is 0.136. The fraction of sp³-hybridized carbons (Fsp3) is 0.909. The summed E-state index contributed by atoms with van der Waals surface area (Å²) >= 11 is 0. The van der Waals surface area contributed by atoms with Crippen molar-refractivity contribution in [3.63, 3.8) is 0 Å².